The van der Waals surface area contributed by atoms with Crippen LogP contribution in [-0.2, 0) is 11.3 Å². The van der Waals surface area contributed by atoms with Gasteiger partial charge < -0.3 is 16.0 Å². The van der Waals surface area contributed by atoms with Crippen molar-refractivity contribution in [2.75, 3.05) is 20.1 Å². The summed E-state index contributed by atoms with van der Waals surface area (Å²) in [6.45, 7) is 5.92. The van der Waals surface area contributed by atoms with E-state index >= 15 is 0 Å². The predicted octanol–water partition coefficient (Wildman–Crippen LogP) is 2.36. The van der Waals surface area contributed by atoms with Gasteiger partial charge >= 0.3 is 0 Å². The van der Waals surface area contributed by atoms with Crippen LogP contribution < -0.4 is 11.1 Å². The van der Waals surface area contributed by atoms with Gasteiger partial charge in [0, 0.05) is 37.6 Å². The zero-order valence-electron chi connectivity index (χ0n) is 13.5. The molecule has 0 aliphatic heterocycles. The molecule has 1 rings (SSSR count). The van der Waals surface area contributed by atoms with Crippen molar-refractivity contribution in [2.45, 2.75) is 26.8 Å². The first-order valence-electron chi connectivity index (χ1n) is 7.41. The van der Waals surface area contributed by atoms with Gasteiger partial charge in [0.05, 0.1) is 0 Å². The summed E-state index contributed by atoms with van der Waals surface area (Å²) in [5.74, 6) is 0.937. The van der Waals surface area contributed by atoms with Gasteiger partial charge in [-0.15, -0.1) is 0 Å². The molecule has 1 amide bonds. The van der Waals surface area contributed by atoms with Gasteiger partial charge in [-0.05, 0) is 17.5 Å². The highest BCUT2D eigenvalue weighted by atomic mass is 79.9. The summed E-state index contributed by atoms with van der Waals surface area (Å²) in [5.41, 5.74) is 6.82. The van der Waals surface area contributed by atoms with E-state index in [1.54, 1.807) is 11.9 Å². The van der Waals surface area contributed by atoms with Crippen molar-refractivity contribution < 1.29 is 4.79 Å². The van der Waals surface area contributed by atoms with Gasteiger partial charge in [0.15, 0.2) is 5.96 Å². The normalized spacial score (nSPS) is 11.6. The Morgan fingerprint density at radius 1 is 1.41 bits per heavy atom. The molecule has 1 aromatic carbocycles. The van der Waals surface area contributed by atoms with E-state index in [1.165, 1.54) is 0 Å². The molecule has 3 N–H and O–H groups in total. The molecule has 0 radical (unpaired) electrons. The Morgan fingerprint density at radius 3 is 2.73 bits per heavy atom. The van der Waals surface area contributed by atoms with Crippen LogP contribution in [0.2, 0.25) is 0 Å². The summed E-state index contributed by atoms with van der Waals surface area (Å²) in [5, 5.41) is 2.97. The highest BCUT2D eigenvalue weighted by molar-refractivity contribution is 9.10. The van der Waals surface area contributed by atoms with Gasteiger partial charge in [0.25, 0.3) is 0 Å². The smallest absolute Gasteiger partial charge is 0.224 e. The van der Waals surface area contributed by atoms with E-state index in [1.807, 2.05) is 24.3 Å². The topological polar surface area (TPSA) is 70.7 Å². The molecule has 0 saturated carbocycles. The first-order valence-corrected chi connectivity index (χ1v) is 8.20. The number of carbonyl (C=O) groups excluding carboxylic acids is 1. The third-order valence-electron chi connectivity index (χ3n) is 3.06. The van der Waals surface area contributed by atoms with E-state index in [0.717, 1.165) is 10.0 Å². The van der Waals surface area contributed by atoms with Crippen LogP contribution in [-0.4, -0.2) is 36.9 Å². The number of nitrogens with one attached hydrogen (secondary N) is 1. The monoisotopic (exact) mass is 368 g/mol. The lowest BCUT2D eigenvalue weighted by molar-refractivity contribution is -0.130. The number of benzene rings is 1. The number of guanidine groups is 1. The average Bonchev–Trinajstić information content (AvgIpc) is 2.47. The number of hydrogen-bond donors (Lipinski definition) is 2. The Bertz CT molecular complexity index is 517. The van der Waals surface area contributed by atoms with Crippen LogP contribution in [0.4, 0.5) is 0 Å². The van der Waals surface area contributed by atoms with E-state index in [0.29, 0.717) is 37.9 Å². The quantitative estimate of drug-likeness (QED) is 0.573. The van der Waals surface area contributed by atoms with E-state index in [-0.39, 0.29) is 5.91 Å². The molecule has 0 bridgehead atoms. The second kappa shape index (κ2) is 9.46. The fourth-order valence-electron chi connectivity index (χ4n) is 1.80. The predicted molar refractivity (Wildman–Crippen MR) is 94.6 cm³/mol. The lowest BCUT2D eigenvalue weighted by Crippen LogP contribution is -2.36. The molecule has 0 spiro atoms. The van der Waals surface area contributed by atoms with Crippen LogP contribution >= 0.6 is 15.9 Å². The standard InChI is InChI=1S/C16H25BrN4O/c1-12(2)10-20-16(18)19-9-8-15(22)21(3)11-13-6-4-5-7-14(13)17/h4-7,12H,8-11H2,1-3H3,(H3,18,19,20). The molecule has 0 atom stereocenters. The maximum absolute atomic E-state index is 12.1. The minimum Gasteiger partial charge on any atom is -0.370 e. The molecule has 6 heteroatoms. The van der Waals surface area contributed by atoms with E-state index in [9.17, 15) is 4.79 Å². The number of rotatable bonds is 7. The maximum Gasteiger partial charge on any atom is 0.224 e. The fraction of sp³-hybridized carbons (Fsp3) is 0.500. The fourth-order valence-corrected chi connectivity index (χ4v) is 2.21. The molecule has 0 aliphatic rings. The molecule has 0 heterocycles. The van der Waals surface area contributed by atoms with Gasteiger partial charge in [-0.1, -0.05) is 48.0 Å². The molecule has 0 fully saturated rings. The molecule has 5 nitrogen and oxygen atoms in total. The van der Waals surface area contributed by atoms with Crippen LogP contribution in [0.5, 0.6) is 0 Å². The Kier molecular flexibility index (Phi) is 7.95. The van der Waals surface area contributed by atoms with Crippen LogP contribution in [0.15, 0.2) is 33.7 Å². The van der Waals surface area contributed by atoms with Crippen LogP contribution in [0.3, 0.4) is 0 Å². The Balaban J connectivity index is 2.36. The lowest BCUT2D eigenvalue weighted by Gasteiger charge is -2.18. The Hall–Kier alpha value is -1.56. The van der Waals surface area contributed by atoms with Gasteiger partial charge in [-0.25, -0.2) is 0 Å². The summed E-state index contributed by atoms with van der Waals surface area (Å²) in [6.07, 6.45) is 0.388. The molecular weight excluding hydrogens is 344 g/mol. The second-order valence-corrected chi connectivity index (χ2v) is 6.49. The zero-order chi connectivity index (χ0) is 16.5. The molecule has 1 aromatic rings. The van der Waals surface area contributed by atoms with Gasteiger partial charge in [-0.3, -0.25) is 9.79 Å². The molecule has 0 aliphatic carbocycles. The summed E-state index contributed by atoms with van der Waals surface area (Å²) in [7, 11) is 1.80. The second-order valence-electron chi connectivity index (χ2n) is 5.64. The minimum atomic E-state index is 0.0694. The van der Waals surface area contributed by atoms with Crippen molar-refractivity contribution in [1.82, 2.24) is 10.2 Å². The first kappa shape index (κ1) is 18.5. The molecule has 0 unspecified atom stereocenters. The van der Waals surface area contributed by atoms with Crippen molar-refractivity contribution in [3.63, 3.8) is 0 Å². The van der Waals surface area contributed by atoms with Gasteiger partial charge in [-0.2, -0.15) is 0 Å². The molecule has 0 aromatic heterocycles. The summed E-state index contributed by atoms with van der Waals surface area (Å²) in [4.78, 5) is 18.0. The van der Waals surface area contributed by atoms with E-state index < -0.39 is 0 Å². The van der Waals surface area contributed by atoms with Crippen molar-refractivity contribution >= 4 is 27.8 Å². The number of aliphatic imine (C=N–C) groups is 1. The Labute approximate surface area is 141 Å². The number of nitrogens with zero attached hydrogens (tertiary/aromatic N) is 2. The first-order chi connectivity index (χ1) is 10.4. The number of nitrogens with two attached hydrogens (primary N) is 1. The van der Waals surface area contributed by atoms with E-state index in [4.69, 9.17) is 5.73 Å². The van der Waals surface area contributed by atoms with Crippen LogP contribution in [0.25, 0.3) is 0 Å². The summed E-state index contributed by atoms with van der Waals surface area (Å²) < 4.78 is 1.01. The van der Waals surface area contributed by atoms with Crippen LogP contribution in [0, 0.1) is 5.92 Å². The third-order valence-corrected chi connectivity index (χ3v) is 3.84. The van der Waals surface area contributed by atoms with Crippen LogP contribution in [0.1, 0.15) is 25.8 Å². The van der Waals surface area contributed by atoms with Crippen molar-refractivity contribution in [1.29, 1.82) is 0 Å². The molecule has 0 saturated heterocycles. The lowest BCUT2D eigenvalue weighted by atomic mass is 10.2. The van der Waals surface area contributed by atoms with Gasteiger partial charge in [0.1, 0.15) is 0 Å². The highest BCUT2D eigenvalue weighted by Gasteiger charge is 2.10. The average molecular weight is 369 g/mol. The third kappa shape index (κ3) is 6.93. The largest absolute Gasteiger partial charge is 0.370 e. The minimum absolute atomic E-state index is 0.0694. The maximum atomic E-state index is 12.1. The molecule has 122 valence electrons. The van der Waals surface area contributed by atoms with Crippen molar-refractivity contribution in [2.24, 2.45) is 16.6 Å². The number of amides is 1. The van der Waals surface area contributed by atoms with Crippen molar-refractivity contribution in [3.8, 4) is 0 Å². The number of hydrogen-bond acceptors (Lipinski definition) is 2. The summed E-state index contributed by atoms with van der Waals surface area (Å²) in [6, 6.07) is 7.90. The molecular formula is C16H25BrN4O. The summed E-state index contributed by atoms with van der Waals surface area (Å²) >= 11 is 3.49. The van der Waals surface area contributed by atoms with Crippen molar-refractivity contribution in [3.05, 3.63) is 34.3 Å². The number of halogens is 1. The zero-order valence-corrected chi connectivity index (χ0v) is 15.1. The molecule has 22 heavy (non-hydrogen) atoms. The highest BCUT2D eigenvalue weighted by Crippen LogP contribution is 2.17. The number of carbonyl (C=O) groups is 1. The van der Waals surface area contributed by atoms with Gasteiger partial charge in [0.2, 0.25) is 5.91 Å². The van der Waals surface area contributed by atoms with E-state index in [2.05, 4.69) is 40.1 Å². The Morgan fingerprint density at radius 2 is 2.09 bits per heavy atom. The SMILES string of the molecule is CC(C)CN=C(N)NCCC(=O)N(C)Cc1ccccc1Br.